The fraction of sp³-hybridized carbons (Fsp3) is 0.150. The van der Waals surface area contributed by atoms with Gasteiger partial charge < -0.3 is 9.84 Å². The van der Waals surface area contributed by atoms with Crippen LogP contribution in [0, 0.1) is 4.77 Å². The van der Waals surface area contributed by atoms with Crippen LogP contribution in [-0.2, 0) is 6.42 Å². The van der Waals surface area contributed by atoms with Gasteiger partial charge in [-0.2, -0.15) is 14.9 Å². The second-order valence-corrected chi connectivity index (χ2v) is 6.24. The highest BCUT2D eigenvalue weighted by Gasteiger charge is 2.09. The van der Waals surface area contributed by atoms with E-state index < -0.39 is 0 Å². The average Bonchev–Trinajstić information content (AvgIpc) is 3.06. The molecule has 0 saturated carbocycles. The summed E-state index contributed by atoms with van der Waals surface area (Å²) in [6.07, 6.45) is 3.84. The van der Waals surface area contributed by atoms with Gasteiger partial charge in [0.25, 0.3) is 0 Å². The molecule has 0 radical (unpaired) electrons. The lowest BCUT2D eigenvalue weighted by molar-refractivity contribution is 0.340. The summed E-state index contributed by atoms with van der Waals surface area (Å²) in [6, 6.07) is 13.0. The molecule has 0 aliphatic carbocycles. The first kappa shape index (κ1) is 19.4. The van der Waals surface area contributed by atoms with Gasteiger partial charge in [-0.25, -0.2) is 10.6 Å². The van der Waals surface area contributed by atoms with Crippen molar-refractivity contribution >= 4 is 18.4 Å². The van der Waals surface area contributed by atoms with Crippen molar-refractivity contribution in [2.45, 2.75) is 13.3 Å². The molecule has 144 valence electrons. The van der Waals surface area contributed by atoms with Gasteiger partial charge in [-0.1, -0.05) is 18.2 Å². The smallest absolute Gasteiger partial charge is 0.216 e. The normalized spacial score (nSPS) is 10.9. The van der Waals surface area contributed by atoms with Crippen LogP contribution in [0.1, 0.15) is 18.1 Å². The maximum absolute atomic E-state index is 10.3. The summed E-state index contributed by atoms with van der Waals surface area (Å²) >= 11 is 5.27. The molecule has 2 aromatic carbocycles. The van der Waals surface area contributed by atoms with Crippen molar-refractivity contribution in [1.29, 1.82) is 0 Å². The Morgan fingerprint density at radius 1 is 1.32 bits per heavy atom. The van der Waals surface area contributed by atoms with Gasteiger partial charge in [0.05, 0.1) is 12.8 Å². The lowest BCUT2D eigenvalue weighted by Gasteiger charge is -2.07. The predicted molar refractivity (Wildman–Crippen MR) is 113 cm³/mol. The maximum Gasteiger partial charge on any atom is 0.216 e. The second-order valence-electron chi connectivity index (χ2n) is 5.85. The minimum Gasteiger partial charge on any atom is -0.507 e. The second kappa shape index (κ2) is 9.01. The highest BCUT2D eigenvalue weighted by Crippen LogP contribution is 2.22. The van der Waals surface area contributed by atoms with Crippen molar-refractivity contribution in [3.8, 4) is 22.9 Å². The number of benzene rings is 2. The van der Waals surface area contributed by atoms with Crippen LogP contribution in [0.3, 0.4) is 0 Å². The van der Waals surface area contributed by atoms with Crippen molar-refractivity contribution in [2.24, 2.45) is 5.10 Å². The fourth-order valence-electron chi connectivity index (χ4n) is 2.64. The van der Waals surface area contributed by atoms with Gasteiger partial charge in [0.2, 0.25) is 4.77 Å². The number of para-hydroxylation sites is 1. The Balaban J connectivity index is 1.81. The van der Waals surface area contributed by atoms with E-state index in [0.717, 1.165) is 16.9 Å². The molecule has 0 amide bonds. The number of hydrogen-bond donors (Lipinski definition) is 3. The Morgan fingerprint density at radius 3 is 2.82 bits per heavy atom. The first-order valence-electron chi connectivity index (χ1n) is 8.75. The number of phenols is 1. The van der Waals surface area contributed by atoms with Crippen molar-refractivity contribution < 1.29 is 9.84 Å². The minimum absolute atomic E-state index is 0.176. The van der Waals surface area contributed by atoms with E-state index in [9.17, 15) is 5.11 Å². The highest BCUT2D eigenvalue weighted by atomic mass is 32.1. The molecule has 0 unspecified atom stereocenters. The van der Waals surface area contributed by atoms with Crippen LogP contribution < -0.4 is 10.3 Å². The number of hydrogen-bond acceptors (Lipinski definition) is 6. The van der Waals surface area contributed by atoms with E-state index in [1.165, 1.54) is 6.21 Å². The van der Waals surface area contributed by atoms with Crippen LogP contribution in [0.5, 0.6) is 11.5 Å². The van der Waals surface area contributed by atoms with Crippen LogP contribution in [0.2, 0.25) is 0 Å². The average molecular weight is 395 g/mol. The molecule has 0 saturated heterocycles. The standard InChI is InChI=1S/C20H21N5O2S/c1-3-6-14-7-5-8-16(18(14)26)13-21-24-25-19(22-23-20(25)28)15-9-11-17(12-10-15)27-4-2/h3,5,7-13,24,26H,1,4,6H2,2H3,(H,23,28)/b21-13+. The molecule has 0 fully saturated rings. The van der Waals surface area contributed by atoms with Gasteiger partial charge >= 0.3 is 0 Å². The lowest BCUT2D eigenvalue weighted by Crippen LogP contribution is -2.10. The van der Waals surface area contributed by atoms with Crippen molar-refractivity contribution in [3.63, 3.8) is 0 Å². The van der Waals surface area contributed by atoms with Gasteiger partial charge in [0, 0.05) is 11.1 Å². The zero-order valence-corrected chi connectivity index (χ0v) is 16.2. The topological polar surface area (TPSA) is 87.5 Å². The molecule has 28 heavy (non-hydrogen) atoms. The van der Waals surface area contributed by atoms with E-state index in [1.807, 2.05) is 43.3 Å². The summed E-state index contributed by atoms with van der Waals surface area (Å²) in [5.41, 5.74) is 5.07. The zero-order valence-electron chi connectivity index (χ0n) is 15.4. The van der Waals surface area contributed by atoms with Crippen LogP contribution in [0.15, 0.2) is 60.2 Å². The molecule has 0 spiro atoms. The number of nitrogens with one attached hydrogen (secondary N) is 2. The molecule has 7 nitrogen and oxygen atoms in total. The SMILES string of the molecule is C=CCc1cccc(/C=N/Nn2c(-c3ccc(OCC)cc3)n[nH]c2=S)c1O. The number of aromatic hydroxyl groups is 1. The molecule has 0 atom stereocenters. The number of allylic oxidation sites excluding steroid dienone is 1. The Kier molecular flexibility index (Phi) is 6.23. The van der Waals surface area contributed by atoms with E-state index >= 15 is 0 Å². The summed E-state index contributed by atoms with van der Waals surface area (Å²) in [5, 5.41) is 21.5. The number of phenolic OH excluding ortho intramolecular Hbond substituents is 1. The number of rotatable bonds is 8. The third-order valence-electron chi connectivity index (χ3n) is 3.97. The molecule has 3 rings (SSSR count). The van der Waals surface area contributed by atoms with Crippen molar-refractivity contribution in [3.05, 3.63) is 71.0 Å². The number of aromatic amines is 1. The molecule has 3 N–H and O–H groups in total. The molecule has 0 bridgehead atoms. The van der Waals surface area contributed by atoms with E-state index in [2.05, 4.69) is 27.4 Å². The summed E-state index contributed by atoms with van der Waals surface area (Å²) in [7, 11) is 0. The van der Waals surface area contributed by atoms with Gasteiger partial charge in [-0.15, -0.1) is 6.58 Å². The minimum atomic E-state index is 0.176. The molecule has 1 aromatic heterocycles. The lowest BCUT2D eigenvalue weighted by atomic mass is 10.1. The molecular weight excluding hydrogens is 374 g/mol. The first-order valence-corrected chi connectivity index (χ1v) is 9.16. The number of aromatic nitrogens is 3. The van der Waals surface area contributed by atoms with E-state index in [-0.39, 0.29) is 5.75 Å². The fourth-order valence-corrected chi connectivity index (χ4v) is 2.81. The predicted octanol–water partition coefficient (Wildman–Crippen LogP) is 4.02. The summed E-state index contributed by atoms with van der Waals surface area (Å²) < 4.78 is 7.37. The molecular formula is C20H21N5O2S. The maximum atomic E-state index is 10.3. The highest BCUT2D eigenvalue weighted by molar-refractivity contribution is 7.71. The summed E-state index contributed by atoms with van der Waals surface area (Å²) in [4.78, 5) is 0. The van der Waals surface area contributed by atoms with Crippen molar-refractivity contribution in [1.82, 2.24) is 14.9 Å². The number of ether oxygens (including phenoxy) is 1. The molecule has 8 heteroatoms. The van der Waals surface area contributed by atoms with Gasteiger partial charge in [-0.05, 0) is 61.5 Å². The molecule has 0 aliphatic rings. The Bertz CT molecular complexity index is 1040. The molecule has 3 aromatic rings. The summed E-state index contributed by atoms with van der Waals surface area (Å²) in [5.74, 6) is 1.54. The number of nitrogens with zero attached hydrogens (tertiary/aromatic N) is 3. The van der Waals surface area contributed by atoms with Gasteiger partial charge in [0.1, 0.15) is 11.5 Å². The van der Waals surface area contributed by atoms with Gasteiger partial charge in [0.15, 0.2) is 5.82 Å². The Hall–Kier alpha value is -3.39. The third-order valence-corrected chi connectivity index (χ3v) is 4.25. The van der Waals surface area contributed by atoms with E-state index in [4.69, 9.17) is 17.0 Å². The van der Waals surface area contributed by atoms with Crippen LogP contribution >= 0.6 is 12.2 Å². The number of hydrazone groups is 1. The van der Waals surface area contributed by atoms with E-state index in [1.54, 1.807) is 16.8 Å². The van der Waals surface area contributed by atoms with Crippen LogP contribution in [0.25, 0.3) is 11.4 Å². The van der Waals surface area contributed by atoms with Crippen LogP contribution in [-0.4, -0.2) is 32.8 Å². The van der Waals surface area contributed by atoms with Crippen molar-refractivity contribution in [2.75, 3.05) is 12.1 Å². The molecule has 0 aliphatic heterocycles. The Morgan fingerprint density at radius 2 is 2.11 bits per heavy atom. The first-order chi connectivity index (χ1) is 13.6. The largest absolute Gasteiger partial charge is 0.507 e. The summed E-state index contributed by atoms with van der Waals surface area (Å²) in [6.45, 7) is 6.24. The quantitative estimate of drug-likeness (QED) is 0.232. The number of H-pyrrole nitrogens is 1. The molecule has 1 heterocycles. The monoisotopic (exact) mass is 395 g/mol. The van der Waals surface area contributed by atoms with Crippen LogP contribution in [0.4, 0.5) is 0 Å². The Labute approximate surface area is 168 Å². The zero-order chi connectivity index (χ0) is 19.9. The third kappa shape index (κ3) is 4.29. The van der Waals surface area contributed by atoms with E-state index in [0.29, 0.717) is 29.2 Å². The van der Waals surface area contributed by atoms with Gasteiger partial charge in [-0.3, -0.25) is 0 Å².